The Hall–Kier alpha value is -2.57. The largest absolute Gasteiger partial charge is 0.483 e. The molecule has 2 aromatic heterocycles. The normalized spacial score (nSPS) is 12.4. The van der Waals surface area contributed by atoms with Crippen molar-refractivity contribution in [1.82, 2.24) is 9.72 Å². The van der Waals surface area contributed by atoms with Crippen molar-refractivity contribution in [3.63, 3.8) is 0 Å². The number of carbonyl (C=O) groups is 1. The number of hydrogen-bond acceptors (Lipinski definition) is 5. The fourth-order valence-corrected chi connectivity index (χ4v) is 2.40. The van der Waals surface area contributed by atoms with Gasteiger partial charge in [0.25, 0.3) is 5.56 Å². The van der Waals surface area contributed by atoms with Gasteiger partial charge in [-0.15, -0.1) is 0 Å². The number of carboxylic acids is 1. The molecule has 7 heteroatoms. The van der Waals surface area contributed by atoms with Gasteiger partial charge in [0.15, 0.2) is 5.75 Å². The fraction of sp³-hybridized carbons (Fsp3) is 0.438. The average molecular weight is 320 g/mol. The number of ether oxygens (including phenoxy) is 1. The van der Waals surface area contributed by atoms with Crippen LogP contribution in [0.25, 0.3) is 0 Å². The van der Waals surface area contributed by atoms with Crippen LogP contribution in [-0.4, -0.2) is 20.8 Å². The Morgan fingerprint density at radius 3 is 2.65 bits per heavy atom. The molecule has 0 fully saturated rings. The molecule has 0 spiro atoms. The molecular formula is C16H20N2O5. The van der Waals surface area contributed by atoms with E-state index < -0.39 is 17.6 Å². The second kappa shape index (κ2) is 6.68. The lowest BCUT2D eigenvalue weighted by Crippen LogP contribution is -2.33. The summed E-state index contributed by atoms with van der Waals surface area (Å²) in [5, 5.41) is 13.2. The van der Waals surface area contributed by atoms with E-state index in [0.29, 0.717) is 11.5 Å². The van der Waals surface area contributed by atoms with Crippen LogP contribution in [0.15, 0.2) is 27.6 Å². The molecule has 23 heavy (non-hydrogen) atoms. The predicted octanol–water partition coefficient (Wildman–Crippen LogP) is 2.31. The monoisotopic (exact) mass is 320 g/mol. The SMILES string of the molecule is Cc1noc(C)c1COc1cccn(C(C(=O)O)C(C)C)c1=O. The molecule has 0 radical (unpaired) electrons. The second-order valence-electron chi connectivity index (χ2n) is 5.70. The maximum Gasteiger partial charge on any atom is 0.327 e. The van der Waals surface area contributed by atoms with Gasteiger partial charge >= 0.3 is 5.97 Å². The lowest BCUT2D eigenvalue weighted by molar-refractivity contribution is -0.142. The van der Waals surface area contributed by atoms with Gasteiger partial charge in [-0.3, -0.25) is 9.36 Å². The first-order valence-corrected chi connectivity index (χ1v) is 7.31. The third kappa shape index (κ3) is 3.44. The van der Waals surface area contributed by atoms with Gasteiger partial charge in [-0.05, 0) is 31.9 Å². The predicted molar refractivity (Wildman–Crippen MR) is 82.5 cm³/mol. The summed E-state index contributed by atoms with van der Waals surface area (Å²) in [6.07, 6.45) is 1.46. The van der Waals surface area contributed by atoms with E-state index in [9.17, 15) is 14.7 Å². The smallest absolute Gasteiger partial charge is 0.327 e. The molecule has 2 aromatic rings. The zero-order valence-electron chi connectivity index (χ0n) is 13.6. The summed E-state index contributed by atoms with van der Waals surface area (Å²) in [6, 6.07) is 2.18. The number of rotatable bonds is 6. The van der Waals surface area contributed by atoms with Crippen LogP contribution < -0.4 is 10.3 Å². The zero-order valence-corrected chi connectivity index (χ0v) is 13.6. The Kier molecular flexibility index (Phi) is 4.88. The summed E-state index contributed by atoms with van der Waals surface area (Å²) in [7, 11) is 0. The Bertz CT molecular complexity index is 741. The van der Waals surface area contributed by atoms with Crippen LogP contribution in [0.1, 0.15) is 36.9 Å². The lowest BCUT2D eigenvalue weighted by Gasteiger charge is -2.19. The topological polar surface area (TPSA) is 94.6 Å². The van der Waals surface area contributed by atoms with E-state index in [0.717, 1.165) is 5.56 Å². The summed E-state index contributed by atoms with van der Waals surface area (Å²) in [6.45, 7) is 7.20. The van der Waals surface area contributed by atoms with Crippen LogP contribution in [0.2, 0.25) is 0 Å². The Balaban J connectivity index is 2.30. The number of aliphatic carboxylic acids is 1. The Labute approximate surface area is 133 Å². The molecule has 0 aliphatic carbocycles. The van der Waals surface area contributed by atoms with Crippen LogP contribution in [0.4, 0.5) is 0 Å². The van der Waals surface area contributed by atoms with Crippen molar-refractivity contribution >= 4 is 5.97 Å². The molecule has 0 aliphatic heterocycles. The third-order valence-electron chi connectivity index (χ3n) is 3.68. The quantitative estimate of drug-likeness (QED) is 0.877. The number of hydrogen-bond donors (Lipinski definition) is 1. The minimum absolute atomic E-state index is 0.0967. The molecule has 0 amide bonds. The van der Waals surface area contributed by atoms with Gasteiger partial charge in [0.05, 0.1) is 11.3 Å². The van der Waals surface area contributed by atoms with E-state index in [1.807, 2.05) is 0 Å². The molecule has 1 N–H and O–H groups in total. The highest BCUT2D eigenvalue weighted by atomic mass is 16.5. The minimum Gasteiger partial charge on any atom is -0.483 e. The second-order valence-corrected chi connectivity index (χ2v) is 5.70. The summed E-state index contributed by atoms with van der Waals surface area (Å²) < 4.78 is 11.8. The standard InChI is InChI=1S/C16H20N2O5/c1-9(2)14(16(20)21)18-7-5-6-13(15(18)19)22-8-12-10(3)17-23-11(12)4/h5-7,9,14H,8H2,1-4H3,(H,20,21). The van der Waals surface area contributed by atoms with E-state index in [1.54, 1.807) is 33.8 Å². The molecule has 124 valence electrons. The first kappa shape index (κ1) is 16.8. The number of aryl methyl sites for hydroxylation is 2. The highest BCUT2D eigenvalue weighted by molar-refractivity contribution is 5.72. The molecule has 0 aliphatic rings. The third-order valence-corrected chi connectivity index (χ3v) is 3.68. The summed E-state index contributed by atoms with van der Waals surface area (Å²) in [5.74, 6) is -0.559. The first-order chi connectivity index (χ1) is 10.8. The molecule has 0 saturated carbocycles. The number of nitrogens with zero attached hydrogens (tertiary/aromatic N) is 2. The fourth-order valence-electron chi connectivity index (χ4n) is 2.40. The van der Waals surface area contributed by atoms with Gasteiger partial charge in [0, 0.05) is 6.20 Å². The first-order valence-electron chi connectivity index (χ1n) is 7.31. The van der Waals surface area contributed by atoms with Crippen molar-refractivity contribution in [1.29, 1.82) is 0 Å². The van der Waals surface area contributed by atoms with Crippen molar-refractivity contribution in [2.45, 2.75) is 40.3 Å². The number of pyridine rings is 1. The van der Waals surface area contributed by atoms with Crippen molar-refractivity contribution in [2.24, 2.45) is 5.92 Å². The average Bonchev–Trinajstić information content (AvgIpc) is 2.78. The Morgan fingerprint density at radius 2 is 2.13 bits per heavy atom. The number of aromatic nitrogens is 2. The van der Waals surface area contributed by atoms with Crippen LogP contribution in [-0.2, 0) is 11.4 Å². The lowest BCUT2D eigenvalue weighted by atomic mass is 10.0. The van der Waals surface area contributed by atoms with Gasteiger partial charge in [0.2, 0.25) is 0 Å². The van der Waals surface area contributed by atoms with Crippen molar-refractivity contribution in [3.8, 4) is 5.75 Å². The van der Waals surface area contributed by atoms with Crippen LogP contribution in [0, 0.1) is 19.8 Å². The van der Waals surface area contributed by atoms with Crippen LogP contribution >= 0.6 is 0 Å². The van der Waals surface area contributed by atoms with E-state index >= 15 is 0 Å². The summed E-state index contributed by atoms with van der Waals surface area (Å²) >= 11 is 0. The molecule has 1 atom stereocenters. The van der Waals surface area contributed by atoms with Crippen LogP contribution in [0.5, 0.6) is 5.75 Å². The summed E-state index contributed by atoms with van der Waals surface area (Å²) in [5.41, 5.74) is 1.00. The van der Waals surface area contributed by atoms with Crippen molar-refractivity contribution in [3.05, 3.63) is 45.7 Å². The minimum atomic E-state index is -1.05. The maximum absolute atomic E-state index is 12.5. The van der Waals surface area contributed by atoms with Crippen LogP contribution in [0.3, 0.4) is 0 Å². The van der Waals surface area contributed by atoms with E-state index in [4.69, 9.17) is 9.26 Å². The van der Waals surface area contributed by atoms with Crippen molar-refractivity contribution < 1.29 is 19.2 Å². The van der Waals surface area contributed by atoms with Gasteiger partial charge < -0.3 is 14.4 Å². The summed E-state index contributed by atoms with van der Waals surface area (Å²) in [4.78, 5) is 23.9. The molecule has 0 saturated heterocycles. The maximum atomic E-state index is 12.5. The van der Waals surface area contributed by atoms with Gasteiger partial charge in [0.1, 0.15) is 18.4 Å². The zero-order chi connectivity index (χ0) is 17.1. The van der Waals surface area contributed by atoms with E-state index in [-0.39, 0.29) is 18.3 Å². The molecule has 2 rings (SSSR count). The van der Waals surface area contributed by atoms with Crippen molar-refractivity contribution in [2.75, 3.05) is 0 Å². The van der Waals surface area contributed by atoms with E-state index in [1.165, 1.54) is 16.8 Å². The Morgan fingerprint density at radius 1 is 1.43 bits per heavy atom. The van der Waals surface area contributed by atoms with Gasteiger partial charge in [-0.2, -0.15) is 0 Å². The highest BCUT2D eigenvalue weighted by Gasteiger charge is 2.25. The molecule has 1 unspecified atom stereocenters. The van der Waals surface area contributed by atoms with E-state index in [2.05, 4.69) is 5.16 Å². The highest BCUT2D eigenvalue weighted by Crippen LogP contribution is 2.19. The molecule has 0 aromatic carbocycles. The molecule has 7 nitrogen and oxygen atoms in total. The van der Waals surface area contributed by atoms with Gasteiger partial charge in [-0.25, -0.2) is 4.79 Å². The molecule has 2 heterocycles. The number of carboxylic acid groups (broad SMARTS) is 1. The van der Waals surface area contributed by atoms with Gasteiger partial charge in [-0.1, -0.05) is 19.0 Å². The molecule has 0 bridgehead atoms. The molecular weight excluding hydrogens is 300 g/mol.